The van der Waals surface area contributed by atoms with Crippen molar-refractivity contribution in [2.45, 2.75) is 25.5 Å². The summed E-state index contributed by atoms with van der Waals surface area (Å²) in [5.74, 6) is 0.471. The molecule has 2 N–H and O–H groups in total. The number of fused-ring (bicyclic) bond motifs is 1. The average Bonchev–Trinajstić information content (AvgIpc) is 2.92. The third-order valence-electron chi connectivity index (χ3n) is 3.23. The van der Waals surface area contributed by atoms with Gasteiger partial charge >= 0.3 is 0 Å². The topological polar surface area (TPSA) is 53.1 Å². The van der Waals surface area contributed by atoms with Crippen LogP contribution in [-0.4, -0.2) is 22.3 Å². The molecule has 2 aromatic rings. The van der Waals surface area contributed by atoms with E-state index in [-0.39, 0.29) is 6.10 Å². The quantitative estimate of drug-likeness (QED) is 0.922. The molecular weight excluding hydrogens is 273 g/mol. The molecule has 96 valence electrons. The summed E-state index contributed by atoms with van der Waals surface area (Å²) in [6.45, 7) is 1.53. The van der Waals surface area contributed by atoms with Crippen LogP contribution in [0.25, 0.3) is 11.0 Å². The molecule has 1 aromatic carbocycles. The summed E-state index contributed by atoms with van der Waals surface area (Å²) in [6, 6.07) is 3.54. The molecule has 0 radical (unpaired) electrons. The smallest absolute Gasteiger partial charge is 0.201 e. The first kappa shape index (κ1) is 12.1. The Bertz CT molecular complexity index is 591. The maximum absolute atomic E-state index is 6.04. The van der Waals surface area contributed by atoms with Gasteiger partial charge in [0.15, 0.2) is 0 Å². The fourth-order valence-corrected chi connectivity index (χ4v) is 2.64. The molecule has 1 atom stereocenters. The van der Waals surface area contributed by atoms with Gasteiger partial charge in [-0.05, 0) is 25.0 Å². The second-order valence-electron chi connectivity index (χ2n) is 4.47. The minimum Gasteiger partial charge on any atom is -0.376 e. The van der Waals surface area contributed by atoms with E-state index in [0.29, 0.717) is 22.5 Å². The van der Waals surface area contributed by atoms with Gasteiger partial charge in [0.05, 0.1) is 33.7 Å². The van der Waals surface area contributed by atoms with E-state index < -0.39 is 0 Å². The Morgan fingerprint density at radius 2 is 2.17 bits per heavy atom. The number of ether oxygens (including phenoxy) is 1. The second kappa shape index (κ2) is 4.61. The first-order valence-corrected chi connectivity index (χ1v) is 6.63. The van der Waals surface area contributed by atoms with Gasteiger partial charge in [-0.1, -0.05) is 23.2 Å². The van der Waals surface area contributed by atoms with Crippen molar-refractivity contribution in [2.75, 3.05) is 12.3 Å². The van der Waals surface area contributed by atoms with Gasteiger partial charge in [-0.2, -0.15) is 0 Å². The SMILES string of the molecule is Nc1nc2cc(Cl)c(Cl)cc2n1CC1CCCO1. The van der Waals surface area contributed by atoms with Crippen molar-refractivity contribution in [1.82, 2.24) is 9.55 Å². The fourth-order valence-electron chi connectivity index (χ4n) is 2.32. The summed E-state index contributed by atoms with van der Waals surface area (Å²) in [5, 5.41) is 1.00. The van der Waals surface area contributed by atoms with Crippen LogP contribution in [0.4, 0.5) is 5.95 Å². The lowest BCUT2D eigenvalue weighted by Gasteiger charge is -2.12. The molecule has 1 fully saturated rings. The Kier molecular flexibility index (Phi) is 3.09. The van der Waals surface area contributed by atoms with Gasteiger partial charge in [-0.15, -0.1) is 0 Å². The number of hydrogen-bond acceptors (Lipinski definition) is 3. The number of nitrogens with zero attached hydrogens (tertiary/aromatic N) is 2. The number of nitrogens with two attached hydrogens (primary N) is 1. The average molecular weight is 286 g/mol. The minimum atomic E-state index is 0.208. The highest BCUT2D eigenvalue weighted by Gasteiger charge is 2.19. The first-order chi connectivity index (χ1) is 8.65. The largest absolute Gasteiger partial charge is 0.376 e. The summed E-state index contributed by atoms with van der Waals surface area (Å²) in [5.41, 5.74) is 7.61. The summed E-state index contributed by atoms with van der Waals surface area (Å²) in [7, 11) is 0. The van der Waals surface area contributed by atoms with Gasteiger partial charge in [0.1, 0.15) is 0 Å². The molecule has 2 heterocycles. The third-order valence-corrected chi connectivity index (χ3v) is 3.95. The zero-order valence-electron chi connectivity index (χ0n) is 9.70. The van der Waals surface area contributed by atoms with Crippen LogP contribution in [0.5, 0.6) is 0 Å². The molecular formula is C12H13Cl2N3O. The Morgan fingerprint density at radius 3 is 2.89 bits per heavy atom. The Balaban J connectivity index is 2.04. The van der Waals surface area contributed by atoms with Crippen LogP contribution in [0.2, 0.25) is 10.0 Å². The number of aromatic nitrogens is 2. The van der Waals surface area contributed by atoms with Crippen molar-refractivity contribution in [3.8, 4) is 0 Å². The lowest BCUT2D eigenvalue weighted by atomic mass is 10.2. The van der Waals surface area contributed by atoms with Crippen LogP contribution in [0.1, 0.15) is 12.8 Å². The lowest BCUT2D eigenvalue weighted by molar-refractivity contribution is 0.0984. The molecule has 0 amide bonds. The Morgan fingerprint density at radius 1 is 1.39 bits per heavy atom. The first-order valence-electron chi connectivity index (χ1n) is 5.87. The van der Waals surface area contributed by atoms with E-state index in [9.17, 15) is 0 Å². The van der Waals surface area contributed by atoms with Crippen LogP contribution in [0.3, 0.4) is 0 Å². The van der Waals surface area contributed by atoms with Crippen molar-refractivity contribution < 1.29 is 4.74 Å². The molecule has 0 spiro atoms. The van der Waals surface area contributed by atoms with E-state index in [1.807, 2.05) is 4.57 Å². The van der Waals surface area contributed by atoms with Crippen LogP contribution in [-0.2, 0) is 11.3 Å². The summed E-state index contributed by atoms with van der Waals surface area (Å²) < 4.78 is 7.56. The van der Waals surface area contributed by atoms with Crippen molar-refractivity contribution in [1.29, 1.82) is 0 Å². The molecule has 6 heteroatoms. The van der Waals surface area contributed by atoms with Gasteiger partial charge in [-0.3, -0.25) is 0 Å². The van der Waals surface area contributed by atoms with Crippen LogP contribution in [0, 0.1) is 0 Å². The van der Waals surface area contributed by atoms with E-state index >= 15 is 0 Å². The number of benzene rings is 1. The summed E-state index contributed by atoms with van der Waals surface area (Å²) in [4.78, 5) is 4.30. The molecule has 18 heavy (non-hydrogen) atoms. The zero-order valence-corrected chi connectivity index (χ0v) is 11.2. The molecule has 1 aliphatic heterocycles. The number of nitrogen functional groups attached to an aromatic ring is 1. The summed E-state index contributed by atoms with van der Waals surface area (Å²) >= 11 is 12.0. The van der Waals surface area contributed by atoms with E-state index in [4.69, 9.17) is 33.7 Å². The van der Waals surface area contributed by atoms with Gasteiger partial charge in [0, 0.05) is 6.61 Å². The van der Waals surface area contributed by atoms with E-state index in [0.717, 1.165) is 30.5 Å². The molecule has 1 unspecified atom stereocenters. The van der Waals surface area contributed by atoms with Crippen molar-refractivity contribution in [3.05, 3.63) is 22.2 Å². The summed E-state index contributed by atoms with van der Waals surface area (Å²) in [6.07, 6.45) is 2.36. The van der Waals surface area contributed by atoms with Crippen molar-refractivity contribution in [3.63, 3.8) is 0 Å². The Labute approximate surface area is 115 Å². The normalized spacial score (nSPS) is 19.8. The highest BCUT2D eigenvalue weighted by atomic mass is 35.5. The number of anilines is 1. The van der Waals surface area contributed by atoms with Gasteiger partial charge in [-0.25, -0.2) is 4.98 Å². The number of hydrogen-bond donors (Lipinski definition) is 1. The van der Waals surface area contributed by atoms with Crippen LogP contribution < -0.4 is 5.73 Å². The van der Waals surface area contributed by atoms with Crippen molar-refractivity contribution in [2.24, 2.45) is 0 Å². The molecule has 1 saturated heterocycles. The molecule has 1 aromatic heterocycles. The number of rotatable bonds is 2. The highest BCUT2D eigenvalue weighted by molar-refractivity contribution is 6.42. The van der Waals surface area contributed by atoms with E-state index in [1.54, 1.807) is 12.1 Å². The monoisotopic (exact) mass is 285 g/mol. The molecule has 0 bridgehead atoms. The molecule has 3 rings (SSSR count). The molecule has 4 nitrogen and oxygen atoms in total. The van der Waals surface area contributed by atoms with E-state index in [1.165, 1.54) is 0 Å². The lowest BCUT2D eigenvalue weighted by Crippen LogP contribution is -2.16. The van der Waals surface area contributed by atoms with Gasteiger partial charge < -0.3 is 15.0 Å². The maximum atomic E-state index is 6.04. The van der Waals surface area contributed by atoms with Crippen molar-refractivity contribution >= 4 is 40.2 Å². The van der Waals surface area contributed by atoms with Crippen LogP contribution in [0.15, 0.2) is 12.1 Å². The highest BCUT2D eigenvalue weighted by Crippen LogP contribution is 2.29. The zero-order chi connectivity index (χ0) is 12.7. The van der Waals surface area contributed by atoms with Crippen LogP contribution >= 0.6 is 23.2 Å². The molecule has 0 saturated carbocycles. The second-order valence-corrected chi connectivity index (χ2v) is 5.29. The number of halogens is 2. The predicted molar refractivity (Wildman–Crippen MR) is 73.1 cm³/mol. The minimum absolute atomic E-state index is 0.208. The standard InChI is InChI=1S/C12H13Cl2N3O/c13-8-4-10-11(5-9(8)14)17(12(15)16-10)6-7-2-1-3-18-7/h4-5,7H,1-3,6H2,(H2,15,16). The molecule has 1 aliphatic rings. The van der Waals surface area contributed by atoms with Gasteiger partial charge in [0.2, 0.25) is 5.95 Å². The third kappa shape index (κ3) is 2.05. The van der Waals surface area contributed by atoms with E-state index in [2.05, 4.69) is 4.98 Å². The molecule has 0 aliphatic carbocycles. The predicted octanol–water partition coefficient (Wildman–Crippen LogP) is 3.10. The fraction of sp³-hybridized carbons (Fsp3) is 0.417. The number of imidazole rings is 1. The van der Waals surface area contributed by atoms with Gasteiger partial charge in [0.25, 0.3) is 0 Å². The Hall–Kier alpha value is -0.970. The maximum Gasteiger partial charge on any atom is 0.201 e.